The molecular weight excluding hydrogens is 304 g/mol. The Morgan fingerprint density at radius 2 is 2.27 bits per heavy atom. The third kappa shape index (κ3) is 4.72. The molecule has 0 fully saturated rings. The van der Waals surface area contributed by atoms with Crippen molar-refractivity contribution in [3.63, 3.8) is 0 Å². The molecule has 5 nitrogen and oxygen atoms in total. The molecule has 0 aliphatic heterocycles. The molecule has 0 bridgehead atoms. The van der Waals surface area contributed by atoms with E-state index >= 15 is 0 Å². The zero-order valence-electron chi connectivity index (χ0n) is 12.1. The lowest BCUT2D eigenvalue weighted by atomic mass is 10.2. The molecule has 1 aromatic carbocycles. The van der Waals surface area contributed by atoms with Gasteiger partial charge in [-0.05, 0) is 31.2 Å². The second kappa shape index (κ2) is 7.77. The summed E-state index contributed by atoms with van der Waals surface area (Å²) < 4.78 is 5.78. The maximum Gasteiger partial charge on any atom is 0.320 e. The van der Waals surface area contributed by atoms with E-state index in [0.717, 1.165) is 11.1 Å². The number of hydrogen-bond acceptors (Lipinski definition) is 4. The fourth-order valence-electron chi connectivity index (χ4n) is 1.82. The Morgan fingerprint density at radius 3 is 2.95 bits per heavy atom. The van der Waals surface area contributed by atoms with Gasteiger partial charge in [0.1, 0.15) is 18.4 Å². The van der Waals surface area contributed by atoms with Crippen LogP contribution in [0.5, 0.6) is 5.75 Å². The smallest absolute Gasteiger partial charge is 0.320 e. The Balaban J connectivity index is 2.05. The summed E-state index contributed by atoms with van der Waals surface area (Å²) in [6.07, 6.45) is 3.44. The lowest BCUT2D eigenvalue weighted by Crippen LogP contribution is -2.33. The Morgan fingerprint density at radius 1 is 1.45 bits per heavy atom. The molecule has 1 heterocycles. The number of aliphatic carboxylic acids is 1. The van der Waals surface area contributed by atoms with Crippen LogP contribution in [0.15, 0.2) is 42.7 Å². The summed E-state index contributed by atoms with van der Waals surface area (Å²) in [5.41, 5.74) is 1.76. The zero-order valence-corrected chi connectivity index (χ0v) is 12.9. The topological polar surface area (TPSA) is 71.5 Å². The molecule has 0 radical (unpaired) electrons. The first-order chi connectivity index (χ1) is 10.6. The van der Waals surface area contributed by atoms with Gasteiger partial charge in [-0.25, -0.2) is 0 Å². The third-order valence-corrected chi connectivity index (χ3v) is 3.34. The molecule has 1 aromatic heterocycles. The van der Waals surface area contributed by atoms with Gasteiger partial charge in [-0.15, -0.1) is 0 Å². The number of carboxylic acid groups (broad SMARTS) is 1. The summed E-state index contributed by atoms with van der Waals surface area (Å²) in [6.45, 7) is 2.33. The lowest BCUT2D eigenvalue weighted by Gasteiger charge is -2.14. The van der Waals surface area contributed by atoms with Crippen LogP contribution in [-0.4, -0.2) is 22.1 Å². The Kier molecular flexibility index (Phi) is 5.75. The monoisotopic (exact) mass is 320 g/mol. The summed E-state index contributed by atoms with van der Waals surface area (Å²) in [5.74, 6) is -0.238. The maximum atomic E-state index is 10.9. The highest BCUT2D eigenvalue weighted by molar-refractivity contribution is 6.30. The van der Waals surface area contributed by atoms with E-state index in [2.05, 4.69) is 10.3 Å². The average Bonchev–Trinajstić information content (AvgIpc) is 2.52. The summed E-state index contributed by atoms with van der Waals surface area (Å²) >= 11 is 6.00. The first-order valence-corrected chi connectivity index (χ1v) is 7.20. The number of carbonyl (C=O) groups is 1. The summed E-state index contributed by atoms with van der Waals surface area (Å²) in [5, 5.41) is 12.4. The maximum absolute atomic E-state index is 10.9. The number of hydrogen-bond donors (Lipinski definition) is 2. The summed E-state index contributed by atoms with van der Waals surface area (Å²) in [7, 11) is 0. The van der Waals surface area contributed by atoms with Crippen LogP contribution in [0.25, 0.3) is 0 Å². The van der Waals surface area contributed by atoms with Crippen molar-refractivity contribution in [2.24, 2.45) is 0 Å². The number of nitrogens with one attached hydrogen (secondary N) is 1. The van der Waals surface area contributed by atoms with E-state index in [9.17, 15) is 4.79 Å². The molecule has 0 aliphatic rings. The molecule has 1 atom stereocenters. The molecule has 0 spiro atoms. The van der Waals surface area contributed by atoms with Gasteiger partial charge < -0.3 is 15.2 Å². The molecule has 6 heteroatoms. The van der Waals surface area contributed by atoms with Crippen molar-refractivity contribution in [1.82, 2.24) is 10.3 Å². The molecule has 0 aliphatic carbocycles. The second-order valence-corrected chi connectivity index (χ2v) is 5.28. The largest absolute Gasteiger partial charge is 0.489 e. The Hall–Kier alpha value is -2.11. The van der Waals surface area contributed by atoms with Crippen molar-refractivity contribution in [3.8, 4) is 5.75 Å². The minimum atomic E-state index is -0.903. The van der Waals surface area contributed by atoms with Gasteiger partial charge in [0, 0.05) is 35.1 Å². The normalized spacial score (nSPS) is 11.9. The van der Waals surface area contributed by atoms with Crippen LogP contribution in [0.2, 0.25) is 5.02 Å². The number of ether oxygens (including phenoxy) is 1. The Labute approximate surface area is 133 Å². The van der Waals surface area contributed by atoms with Crippen LogP contribution in [0.3, 0.4) is 0 Å². The Bertz CT molecular complexity index is 635. The number of benzene rings is 1. The molecule has 2 aromatic rings. The van der Waals surface area contributed by atoms with Gasteiger partial charge in [-0.2, -0.15) is 0 Å². The van der Waals surface area contributed by atoms with Crippen molar-refractivity contribution in [2.75, 3.05) is 0 Å². The van der Waals surface area contributed by atoms with Gasteiger partial charge in [-0.1, -0.05) is 17.7 Å². The number of pyridine rings is 1. The van der Waals surface area contributed by atoms with E-state index in [4.69, 9.17) is 21.4 Å². The van der Waals surface area contributed by atoms with E-state index in [1.165, 1.54) is 0 Å². The lowest BCUT2D eigenvalue weighted by molar-refractivity contribution is -0.139. The van der Waals surface area contributed by atoms with Gasteiger partial charge in [0.25, 0.3) is 0 Å². The SMILES string of the molecule is CC(NCc1cc(Cl)ccc1OCc1cccnc1)C(=O)O. The number of halogens is 1. The molecule has 1 unspecified atom stereocenters. The van der Waals surface area contributed by atoms with E-state index < -0.39 is 12.0 Å². The van der Waals surface area contributed by atoms with Crippen molar-refractivity contribution in [2.45, 2.75) is 26.1 Å². The predicted molar refractivity (Wildman–Crippen MR) is 84.0 cm³/mol. The van der Waals surface area contributed by atoms with Crippen molar-refractivity contribution in [3.05, 3.63) is 58.9 Å². The average molecular weight is 321 g/mol. The zero-order chi connectivity index (χ0) is 15.9. The van der Waals surface area contributed by atoms with Gasteiger partial charge in [0.2, 0.25) is 0 Å². The predicted octanol–water partition coefficient (Wildman–Crippen LogP) is 2.88. The molecular formula is C16H17ClN2O3. The van der Waals surface area contributed by atoms with Crippen LogP contribution in [-0.2, 0) is 17.9 Å². The van der Waals surface area contributed by atoms with Crippen LogP contribution in [0, 0.1) is 0 Å². The molecule has 22 heavy (non-hydrogen) atoms. The van der Waals surface area contributed by atoms with Crippen LogP contribution in [0.4, 0.5) is 0 Å². The minimum Gasteiger partial charge on any atom is -0.489 e. The van der Waals surface area contributed by atoms with Crippen molar-refractivity contribution >= 4 is 17.6 Å². The highest BCUT2D eigenvalue weighted by Gasteiger charge is 2.12. The minimum absolute atomic E-state index is 0.358. The highest BCUT2D eigenvalue weighted by Crippen LogP contribution is 2.24. The quantitative estimate of drug-likeness (QED) is 0.820. The van der Waals surface area contributed by atoms with Crippen molar-refractivity contribution in [1.29, 1.82) is 0 Å². The van der Waals surface area contributed by atoms with E-state index in [-0.39, 0.29) is 0 Å². The van der Waals surface area contributed by atoms with Crippen LogP contribution >= 0.6 is 11.6 Å². The van der Waals surface area contributed by atoms with Crippen LogP contribution in [0.1, 0.15) is 18.1 Å². The first-order valence-electron chi connectivity index (χ1n) is 6.82. The molecule has 2 N–H and O–H groups in total. The first kappa shape index (κ1) is 16.3. The van der Waals surface area contributed by atoms with E-state index in [1.54, 1.807) is 37.5 Å². The van der Waals surface area contributed by atoms with E-state index in [1.807, 2.05) is 12.1 Å². The van der Waals surface area contributed by atoms with Crippen molar-refractivity contribution < 1.29 is 14.6 Å². The molecule has 116 valence electrons. The van der Waals surface area contributed by atoms with Crippen LogP contribution < -0.4 is 10.1 Å². The third-order valence-electron chi connectivity index (χ3n) is 3.11. The van der Waals surface area contributed by atoms with Gasteiger partial charge in [-0.3, -0.25) is 9.78 Å². The highest BCUT2D eigenvalue weighted by atomic mass is 35.5. The summed E-state index contributed by atoms with van der Waals surface area (Å²) in [4.78, 5) is 14.9. The summed E-state index contributed by atoms with van der Waals surface area (Å²) in [6, 6.07) is 8.41. The molecule has 0 saturated carbocycles. The molecule has 2 rings (SSSR count). The molecule has 0 saturated heterocycles. The number of rotatable bonds is 7. The van der Waals surface area contributed by atoms with Gasteiger partial charge >= 0.3 is 5.97 Å². The second-order valence-electron chi connectivity index (χ2n) is 4.84. The molecule has 0 amide bonds. The van der Waals surface area contributed by atoms with Gasteiger partial charge in [0.05, 0.1) is 0 Å². The number of aromatic nitrogens is 1. The van der Waals surface area contributed by atoms with Gasteiger partial charge in [0.15, 0.2) is 0 Å². The number of nitrogens with zero attached hydrogens (tertiary/aromatic N) is 1. The fourth-order valence-corrected chi connectivity index (χ4v) is 2.02. The standard InChI is InChI=1S/C16H17ClN2O3/c1-11(16(20)21)19-9-13-7-14(17)4-5-15(13)22-10-12-3-2-6-18-8-12/h2-8,11,19H,9-10H2,1H3,(H,20,21). The number of carboxylic acids is 1. The van der Waals surface area contributed by atoms with E-state index in [0.29, 0.717) is 23.9 Å². The fraction of sp³-hybridized carbons (Fsp3) is 0.250.